The average Bonchev–Trinajstić information content (AvgIpc) is 2.53. The summed E-state index contributed by atoms with van der Waals surface area (Å²) in [5, 5.41) is 3.05. The molecule has 0 atom stereocenters. The summed E-state index contributed by atoms with van der Waals surface area (Å²) in [5.74, 6) is 6.58. The zero-order valence-electron chi connectivity index (χ0n) is 12.8. The molecule has 0 aromatic carbocycles. The van der Waals surface area contributed by atoms with Gasteiger partial charge in [0.2, 0.25) is 0 Å². The number of nitrogens with two attached hydrogens (primary N) is 1. The fraction of sp³-hybridized carbons (Fsp3) is 0.625. The van der Waals surface area contributed by atoms with Gasteiger partial charge in [0.15, 0.2) is 0 Å². The number of anilines is 1. The third-order valence-electron chi connectivity index (χ3n) is 4.07. The molecule has 1 amide bonds. The molecule has 1 aliphatic carbocycles. The second kappa shape index (κ2) is 7.98. The smallest absolute Gasteiger partial charge is 0.251 e. The molecule has 0 spiro atoms. The minimum Gasteiger partial charge on any atom is -0.352 e. The van der Waals surface area contributed by atoms with E-state index in [1.807, 2.05) is 6.07 Å². The van der Waals surface area contributed by atoms with Gasteiger partial charge in [-0.05, 0) is 37.3 Å². The molecule has 0 aliphatic heterocycles. The number of nitrogen functional groups attached to an aromatic ring is 1. The van der Waals surface area contributed by atoms with E-state index in [2.05, 4.69) is 22.7 Å². The van der Waals surface area contributed by atoms with Crippen molar-refractivity contribution in [1.29, 1.82) is 0 Å². The minimum atomic E-state index is -0.0307. The van der Waals surface area contributed by atoms with Crippen LogP contribution in [0, 0.1) is 5.92 Å². The summed E-state index contributed by atoms with van der Waals surface area (Å²) >= 11 is 0. The highest BCUT2D eigenvalue weighted by atomic mass is 16.1. The Balaban J connectivity index is 1.98. The number of hydrogen-bond donors (Lipinski definition) is 3. The number of hydrazine groups is 1. The maximum Gasteiger partial charge on any atom is 0.251 e. The molecular formula is C16H26N4O. The number of pyridine rings is 1. The van der Waals surface area contributed by atoms with Crippen molar-refractivity contribution in [2.45, 2.75) is 51.9 Å². The molecular weight excluding hydrogens is 264 g/mol. The van der Waals surface area contributed by atoms with E-state index in [9.17, 15) is 4.79 Å². The van der Waals surface area contributed by atoms with E-state index < -0.39 is 0 Å². The number of carbonyl (C=O) groups excluding carboxylic acids is 1. The number of hydrogen-bond acceptors (Lipinski definition) is 4. The van der Waals surface area contributed by atoms with Crippen LogP contribution in [-0.4, -0.2) is 17.4 Å². The fourth-order valence-electron chi connectivity index (χ4n) is 2.91. The van der Waals surface area contributed by atoms with Gasteiger partial charge in [0.25, 0.3) is 5.91 Å². The molecule has 1 aromatic heterocycles. The quantitative estimate of drug-likeness (QED) is 0.556. The Morgan fingerprint density at radius 1 is 1.33 bits per heavy atom. The predicted molar refractivity (Wildman–Crippen MR) is 85.0 cm³/mol. The Kier molecular flexibility index (Phi) is 5.99. The van der Waals surface area contributed by atoms with Crippen molar-refractivity contribution in [3.63, 3.8) is 0 Å². The zero-order chi connectivity index (χ0) is 15.1. The standard InChI is InChI=1S/C16H26N4O/c1-2-6-14-9-13(10-15(19-14)20-17)16(21)18-11-12-7-4-3-5-8-12/h9-10,12H,2-8,11,17H2,1H3,(H,18,21)(H,19,20). The van der Waals surface area contributed by atoms with Gasteiger partial charge in [-0.2, -0.15) is 0 Å². The number of rotatable bonds is 6. The molecule has 0 radical (unpaired) electrons. The van der Waals surface area contributed by atoms with Crippen LogP contribution in [0.4, 0.5) is 5.82 Å². The number of amides is 1. The second-order valence-corrected chi connectivity index (χ2v) is 5.84. The van der Waals surface area contributed by atoms with Crippen molar-refractivity contribution in [2.75, 3.05) is 12.0 Å². The lowest BCUT2D eigenvalue weighted by Gasteiger charge is -2.21. The van der Waals surface area contributed by atoms with Crippen LogP contribution >= 0.6 is 0 Å². The van der Waals surface area contributed by atoms with Crippen LogP contribution in [0.5, 0.6) is 0 Å². The van der Waals surface area contributed by atoms with Crippen LogP contribution in [0.25, 0.3) is 0 Å². The molecule has 116 valence electrons. The predicted octanol–water partition coefficient (Wildman–Crippen LogP) is 2.63. The van der Waals surface area contributed by atoms with Crippen LogP contribution in [0.3, 0.4) is 0 Å². The molecule has 1 aliphatic rings. The van der Waals surface area contributed by atoms with Crippen LogP contribution < -0.4 is 16.6 Å². The van der Waals surface area contributed by atoms with Gasteiger partial charge < -0.3 is 10.7 Å². The fourth-order valence-corrected chi connectivity index (χ4v) is 2.91. The van der Waals surface area contributed by atoms with Gasteiger partial charge in [-0.15, -0.1) is 0 Å². The lowest BCUT2D eigenvalue weighted by atomic mass is 9.89. The normalized spacial score (nSPS) is 15.7. The van der Waals surface area contributed by atoms with Gasteiger partial charge in [-0.3, -0.25) is 4.79 Å². The van der Waals surface area contributed by atoms with Crippen molar-refractivity contribution in [2.24, 2.45) is 11.8 Å². The Morgan fingerprint density at radius 2 is 2.10 bits per heavy atom. The van der Waals surface area contributed by atoms with E-state index in [1.54, 1.807) is 6.07 Å². The molecule has 1 fully saturated rings. The molecule has 5 nitrogen and oxygen atoms in total. The largest absolute Gasteiger partial charge is 0.352 e. The van der Waals surface area contributed by atoms with Gasteiger partial charge in [-0.1, -0.05) is 32.6 Å². The number of aromatic nitrogens is 1. The van der Waals surface area contributed by atoms with Crippen molar-refractivity contribution in [3.8, 4) is 0 Å². The van der Waals surface area contributed by atoms with E-state index >= 15 is 0 Å². The lowest BCUT2D eigenvalue weighted by Crippen LogP contribution is -2.30. The van der Waals surface area contributed by atoms with Gasteiger partial charge in [0.05, 0.1) is 0 Å². The molecule has 0 bridgehead atoms. The minimum absolute atomic E-state index is 0.0307. The Hall–Kier alpha value is -1.62. The van der Waals surface area contributed by atoms with Crippen LogP contribution in [0.1, 0.15) is 61.5 Å². The first-order chi connectivity index (χ1) is 10.2. The topological polar surface area (TPSA) is 80.0 Å². The Labute approximate surface area is 126 Å². The second-order valence-electron chi connectivity index (χ2n) is 5.84. The highest BCUT2D eigenvalue weighted by molar-refractivity contribution is 5.95. The molecule has 2 rings (SSSR count). The van der Waals surface area contributed by atoms with E-state index in [1.165, 1.54) is 32.1 Å². The van der Waals surface area contributed by atoms with Gasteiger partial charge in [0.1, 0.15) is 5.82 Å². The van der Waals surface area contributed by atoms with E-state index in [-0.39, 0.29) is 5.91 Å². The summed E-state index contributed by atoms with van der Waals surface area (Å²) in [6.45, 7) is 2.86. The van der Waals surface area contributed by atoms with Crippen molar-refractivity contribution < 1.29 is 4.79 Å². The maximum atomic E-state index is 12.3. The first-order valence-corrected chi connectivity index (χ1v) is 7.98. The summed E-state index contributed by atoms with van der Waals surface area (Å²) in [6.07, 6.45) is 8.21. The molecule has 0 unspecified atom stereocenters. The molecule has 1 aromatic rings. The summed E-state index contributed by atoms with van der Waals surface area (Å²) < 4.78 is 0. The number of carbonyl (C=O) groups is 1. The van der Waals surface area contributed by atoms with Crippen LogP contribution in [0.2, 0.25) is 0 Å². The summed E-state index contributed by atoms with van der Waals surface area (Å²) in [7, 11) is 0. The highest BCUT2D eigenvalue weighted by Crippen LogP contribution is 2.23. The van der Waals surface area contributed by atoms with E-state index in [0.717, 1.165) is 25.1 Å². The maximum absolute atomic E-state index is 12.3. The van der Waals surface area contributed by atoms with E-state index in [0.29, 0.717) is 17.3 Å². The first-order valence-electron chi connectivity index (χ1n) is 7.98. The van der Waals surface area contributed by atoms with Crippen LogP contribution in [-0.2, 0) is 6.42 Å². The van der Waals surface area contributed by atoms with Crippen molar-refractivity contribution >= 4 is 11.7 Å². The monoisotopic (exact) mass is 290 g/mol. The van der Waals surface area contributed by atoms with Crippen molar-refractivity contribution in [1.82, 2.24) is 10.3 Å². The zero-order valence-corrected chi connectivity index (χ0v) is 12.8. The molecule has 0 saturated heterocycles. The number of nitrogens with zero attached hydrogens (tertiary/aromatic N) is 1. The van der Waals surface area contributed by atoms with Crippen LogP contribution in [0.15, 0.2) is 12.1 Å². The average molecular weight is 290 g/mol. The van der Waals surface area contributed by atoms with Crippen molar-refractivity contribution in [3.05, 3.63) is 23.4 Å². The Bertz CT molecular complexity index is 469. The summed E-state index contributed by atoms with van der Waals surface area (Å²) in [5.41, 5.74) is 4.07. The summed E-state index contributed by atoms with van der Waals surface area (Å²) in [4.78, 5) is 16.7. The molecule has 21 heavy (non-hydrogen) atoms. The number of aryl methyl sites for hydroxylation is 1. The molecule has 1 heterocycles. The third-order valence-corrected chi connectivity index (χ3v) is 4.07. The van der Waals surface area contributed by atoms with Gasteiger partial charge >= 0.3 is 0 Å². The molecule has 1 saturated carbocycles. The molecule has 5 heteroatoms. The highest BCUT2D eigenvalue weighted by Gasteiger charge is 2.15. The molecule has 4 N–H and O–H groups in total. The van der Waals surface area contributed by atoms with E-state index in [4.69, 9.17) is 5.84 Å². The summed E-state index contributed by atoms with van der Waals surface area (Å²) in [6, 6.07) is 3.57. The van der Waals surface area contributed by atoms with Gasteiger partial charge in [0, 0.05) is 17.8 Å². The number of nitrogens with one attached hydrogen (secondary N) is 2. The third kappa shape index (κ3) is 4.70. The first kappa shape index (κ1) is 15.8. The Morgan fingerprint density at radius 3 is 2.76 bits per heavy atom. The SMILES string of the molecule is CCCc1cc(C(=O)NCC2CCCCC2)cc(NN)n1. The lowest BCUT2D eigenvalue weighted by molar-refractivity contribution is 0.0943. The van der Waals surface area contributed by atoms with Gasteiger partial charge in [-0.25, -0.2) is 10.8 Å².